The number of pyridine rings is 1. The van der Waals surface area contributed by atoms with E-state index in [0.29, 0.717) is 23.8 Å². The van der Waals surface area contributed by atoms with E-state index >= 15 is 0 Å². The lowest BCUT2D eigenvalue weighted by atomic mass is 9.98. The molecule has 4 heterocycles. The van der Waals surface area contributed by atoms with Gasteiger partial charge in [0, 0.05) is 40.7 Å². The predicted octanol–water partition coefficient (Wildman–Crippen LogP) is 6.06. The van der Waals surface area contributed by atoms with Gasteiger partial charge in [0.05, 0.1) is 19.8 Å². The Morgan fingerprint density at radius 2 is 1.82 bits per heavy atom. The van der Waals surface area contributed by atoms with Crippen molar-refractivity contribution < 1.29 is 27.8 Å². The number of H-pyrrole nitrogens is 1. The second-order valence-electron chi connectivity index (χ2n) is 10.3. The first-order valence-corrected chi connectivity index (χ1v) is 13.2. The number of carbonyl (C=O) groups is 1. The van der Waals surface area contributed by atoms with Crippen molar-refractivity contribution >= 4 is 11.8 Å². The number of ether oxygens (including phenoxy) is 3. The number of benzene rings is 1. The Hall–Kier alpha value is -3.46. The first-order valence-electron chi connectivity index (χ1n) is 13.2. The van der Waals surface area contributed by atoms with E-state index in [1.165, 1.54) is 7.11 Å². The van der Waals surface area contributed by atoms with E-state index in [9.17, 15) is 13.6 Å². The quantitative estimate of drug-likeness (QED) is 0.344. The van der Waals surface area contributed by atoms with Crippen molar-refractivity contribution in [3.63, 3.8) is 0 Å². The molecule has 38 heavy (non-hydrogen) atoms. The number of fused-ring (bicyclic) bond motifs is 2. The zero-order valence-corrected chi connectivity index (χ0v) is 21.2. The molecular weight excluding hydrogens is 492 g/mol. The smallest absolute Gasteiger partial charge is 0.387 e. The third-order valence-electron chi connectivity index (χ3n) is 7.95. The van der Waals surface area contributed by atoms with E-state index in [1.54, 1.807) is 18.2 Å². The van der Waals surface area contributed by atoms with Crippen LogP contribution in [0.4, 0.5) is 14.6 Å². The van der Waals surface area contributed by atoms with Crippen LogP contribution in [-0.4, -0.2) is 47.8 Å². The van der Waals surface area contributed by atoms with Crippen LogP contribution in [-0.2, 0) is 16.1 Å². The van der Waals surface area contributed by atoms with Crippen LogP contribution in [0.5, 0.6) is 5.75 Å². The Bertz CT molecular complexity index is 1290. The molecule has 2 saturated heterocycles. The molecule has 2 unspecified atom stereocenters. The van der Waals surface area contributed by atoms with Crippen molar-refractivity contribution in [3.8, 4) is 16.9 Å². The number of carbonyl (C=O) groups excluding carboxylic acids is 1. The van der Waals surface area contributed by atoms with Gasteiger partial charge in [-0.15, -0.1) is 0 Å². The second-order valence-corrected chi connectivity index (χ2v) is 10.3. The number of aromatic nitrogens is 2. The largest absolute Gasteiger partial charge is 0.464 e. The number of hydrogen-bond acceptors (Lipinski definition) is 6. The molecule has 1 N–H and O–H groups in total. The maximum Gasteiger partial charge on any atom is 0.387 e. The summed E-state index contributed by atoms with van der Waals surface area (Å²) in [6, 6.07) is 13.0. The average Bonchev–Trinajstić information content (AvgIpc) is 3.63. The maximum atomic E-state index is 13.1. The predicted molar refractivity (Wildman–Crippen MR) is 138 cm³/mol. The summed E-state index contributed by atoms with van der Waals surface area (Å²) in [5, 5.41) is 0. The van der Waals surface area contributed by atoms with Gasteiger partial charge in [0.25, 0.3) is 0 Å². The van der Waals surface area contributed by atoms with Crippen LogP contribution in [0.1, 0.15) is 66.2 Å². The van der Waals surface area contributed by atoms with Gasteiger partial charge in [0.1, 0.15) is 11.6 Å². The van der Waals surface area contributed by atoms with Crippen molar-refractivity contribution in [1.82, 2.24) is 9.97 Å². The number of aromatic amines is 1. The maximum absolute atomic E-state index is 13.1. The van der Waals surface area contributed by atoms with E-state index < -0.39 is 12.6 Å². The highest BCUT2D eigenvalue weighted by atomic mass is 19.3. The van der Waals surface area contributed by atoms with E-state index in [2.05, 4.69) is 14.9 Å². The van der Waals surface area contributed by atoms with Gasteiger partial charge in [-0.1, -0.05) is 24.3 Å². The first-order chi connectivity index (χ1) is 18.5. The summed E-state index contributed by atoms with van der Waals surface area (Å²) in [6.45, 7) is -2.48. The number of nitrogens with one attached hydrogen (secondary N) is 1. The van der Waals surface area contributed by atoms with Gasteiger partial charge >= 0.3 is 12.6 Å². The van der Waals surface area contributed by atoms with Gasteiger partial charge in [-0.2, -0.15) is 8.78 Å². The topological polar surface area (TPSA) is 76.7 Å². The Labute approximate surface area is 220 Å². The summed E-state index contributed by atoms with van der Waals surface area (Å²) in [4.78, 5) is 22.3. The van der Waals surface area contributed by atoms with E-state index in [1.807, 2.05) is 30.5 Å². The molecule has 2 aromatic heterocycles. The average molecular weight is 524 g/mol. The van der Waals surface area contributed by atoms with E-state index in [4.69, 9.17) is 14.2 Å². The number of anilines is 1. The number of hydrogen-bond donors (Lipinski definition) is 1. The van der Waals surface area contributed by atoms with Crippen molar-refractivity contribution in [2.24, 2.45) is 0 Å². The van der Waals surface area contributed by atoms with Crippen LogP contribution in [0.3, 0.4) is 0 Å². The molecule has 9 heteroatoms. The third kappa shape index (κ3) is 4.87. The number of alkyl halides is 2. The van der Waals surface area contributed by atoms with Gasteiger partial charge in [-0.3, -0.25) is 0 Å². The highest BCUT2D eigenvalue weighted by molar-refractivity contribution is 5.87. The summed E-state index contributed by atoms with van der Waals surface area (Å²) in [7, 11) is 1.36. The fraction of sp³-hybridized carbons (Fsp3) is 0.448. The number of rotatable bonds is 9. The van der Waals surface area contributed by atoms with Gasteiger partial charge in [-0.05, 0) is 62.6 Å². The molecule has 1 aromatic carbocycles. The van der Waals surface area contributed by atoms with Gasteiger partial charge < -0.3 is 24.1 Å². The van der Waals surface area contributed by atoms with E-state index in [0.717, 1.165) is 61.2 Å². The number of piperidine rings is 1. The van der Waals surface area contributed by atoms with Crippen molar-refractivity contribution in [1.29, 1.82) is 0 Å². The molecular formula is C29H31F2N3O4. The summed E-state index contributed by atoms with van der Waals surface area (Å²) >= 11 is 0. The van der Waals surface area contributed by atoms with Gasteiger partial charge in [0.2, 0.25) is 0 Å². The molecule has 3 fully saturated rings. The SMILES string of the molecule is COC(=O)c1cccc(N2C3CCC2CC(OCc2c(-c4ccccc4OC(F)F)c[nH]c2C2CC2)C3)n1. The molecule has 2 atom stereocenters. The molecule has 0 spiro atoms. The van der Waals surface area contributed by atoms with Crippen molar-refractivity contribution in [3.05, 3.63) is 65.6 Å². The second kappa shape index (κ2) is 10.4. The third-order valence-corrected chi connectivity index (χ3v) is 7.95. The fourth-order valence-electron chi connectivity index (χ4n) is 6.11. The Morgan fingerprint density at radius 1 is 1.05 bits per heavy atom. The lowest BCUT2D eigenvalue weighted by Gasteiger charge is -2.39. The number of esters is 1. The molecule has 0 amide bonds. The molecule has 1 saturated carbocycles. The van der Waals surface area contributed by atoms with E-state index in [-0.39, 0.29) is 23.9 Å². The minimum Gasteiger partial charge on any atom is -0.464 e. The normalized spacial score (nSPS) is 22.6. The Morgan fingerprint density at radius 3 is 2.53 bits per heavy atom. The zero-order valence-electron chi connectivity index (χ0n) is 21.2. The highest BCUT2D eigenvalue weighted by Crippen LogP contribution is 2.46. The fourth-order valence-corrected chi connectivity index (χ4v) is 6.11. The summed E-state index contributed by atoms with van der Waals surface area (Å²) in [6.07, 6.45) is 8.03. The first kappa shape index (κ1) is 24.9. The Kier molecular flexibility index (Phi) is 6.78. The molecule has 7 nitrogen and oxygen atoms in total. The van der Waals surface area contributed by atoms with Gasteiger partial charge in [-0.25, -0.2) is 9.78 Å². The molecule has 200 valence electrons. The number of nitrogens with zero attached hydrogens (tertiary/aromatic N) is 2. The zero-order chi connectivity index (χ0) is 26.2. The van der Waals surface area contributed by atoms with Crippen LogP contribution in [0.15, 0.2) is 48.7 Å². The van der Waals surface area contributed by atoms with Crippen LogP contribution in [0, 0.1) is 0 Å². The molecule has 3 aliphatic rings. The van der Waals surface area contributed by atoms with Crippen molar-refractivity contribution in [2.75, 3.05) is 12.0 Å². The minimum absolute atomic E-state index is 0.0786. The van der Waals surface area contributed by atoms with Crippen LogP contribution in [0.2, 0.25) is 0 Å². The molecule has 0 radical (unpaired) electrons. The van der Waals surface area contributed by atoms with Crippen LogP contribution < -0.4 is 9.64 Å². The lowest BCUT2D eigenvalue weighted by molar-refractivity contribution is -0.0494. The van der Waals surface area contributed by atoms with Crippen LogP contribution >= 0.6 is 0 Å². The standard InChI is InChI=1S/C29H31F2N3O4/c1-36-28(35)24-6-4-8-26(33-24)34-18-11-12-19(34)14-20(13-18)37-16-23-22(15-32-27(23)17-9-10-17)21-5-2-3-7-25(21)38-29(30)31/h2-8,15,17-20,29,32H,9-14,16H2,1H3. The molecule has 1 aliphatic carbocycles. The number of methoxy groups -OCH3 is 1. The molecule has 3 aromatic rings. The lowest BCUT2D eigenvalue weighted by Crippen LogP contribution is -2.46. The summed E-state index contributed by atoms with van der Waals surface area (Å²) in [5.74, 6) is 0.986. The molecule has 6 rings (SSSR count). The van der Waals surface area contributed by atoms with Crippen molar-refractivity contribution in [2.45, 2.75) is 75.8 Å². The summed E-state index contributed by atoms with van der Waals surface area (Å²) < 4.78 is 42.4. The molecule has 2 aliphatic heterocycles. The van der Waals surface area contributed by atoms with Crippen LogP contribution in [0.25, 0.3) is 11.1 Å². The molecule has 2 bridgehead atoms. The van der Waals surface area contributed by atoms with Gasteiger partial charge in [0.15, 0.2) is 5.69 Å². The number of para-hydroxylation sites is 1. The Balaban J connectivity index is 1.19. The monoisotopic (exact) mass is 523 g/mol. The summed E-state index contributed by atoms with van der Waals surface area (Å²) in [5.41, 5.74) is 3.97. The number of halogens is 2. The minimum atomic E-state index is -2.89. The highest BCUT2D eigenvalue weighted by Gasteiger charge is 2.42.